The number of pyridine rings is 1. The molecule has 6 heteroatoms. The van der Waals surface area contributed by atoms with E-state index in [9.17, 15) is 4.79 Å². The van der Waals surface area contributed by atoms with E-state index in [0.29, 0.717) is 0 Å². The van der Waals surface area contributed by atoms with Crippen molar-refractivity contribution in [2.24, 2.45) is 0 Å². The van der Waals surface area contributed by atoms with Crippen molar-refractivity contribution in [3.63, 3.8) is 0 Å². The zero-order valence-electron chi connectivity index (χ0n) is 12.9. The van der Waals surface area contributed by atoms with Gasteiger partial charge in [-0.1, -0.05) is 28.1 Å². The van der Waals surface area contributed by atoms with Gasteiger partial charge in [-0.05, 0) is 29.3 Å². The van der Waals surface area contributed by atoms with Crippen molar-refractivity contribution in [2.75, 3.05) is 25.0 Å². The molecule has 2 heterocycles. The Hall–Kier alpha value is -1.92. The number of aromatic nitrogens is 1. The topological polar surface area (TPSA) is 56.7 Å². The molecule has 0 saturated carbocycles. The van der Waals surface area contributed by atoms with Crippen LogP contribution in [0.3, 0.4) is 0 Å². The van der Waals surface area contributed by atoms with E-state index in [0.717, 1.165) is 36.2 Å². The van der Waals surface area contributed by atoms with E-state index >= 15 is 0 Å². The molecule has 1 aliphatic rings. The summed E-state index contributed by atoms with van der Waals surface area (Å²) in [6.07, 6.45) is 1.65. The number of aromatic carboxylic acids is 1. The molecule has 5 nitrogen and oxygen atoms in total. The average Bonchev–Trinajstić information content (AvgIpc) is 2.68. The Bertz CT molecular complexity index is 718. The number of rotatable bonds is 3. The van der Waals surface area contributed by atoms with Gasteiger partial charge in [-0.2, -0.15) is 0 Å². The maximum atomic E-state index is 10.9. The number of benzene rings is 1. The minimum atomic E-state index is -0.993. The lowest BCUT2D eigenvalue weighted by atomic mass is 10.1. The number of hydrogen-bond donors (Lipinski definition) is 1. The first-order valence-corrected chi connectivity index (χ1v) is 8.22. The minimum Gasteiger partial charge on any atom is -0.477 e. The summed E-state index contributed by atoms with van der Waals surface area (Å²) in [6, 6.07) is 9.78. The smallest absolute Gasteiger partial charge is 0.354 e. The molecule has 1 aromatic carbocycles. The number of carboxylic acids is 1. The van der Waals surface area contributed by atoms with Crippen molar-refractivity contribution in [2.45, 2.75) is 13.1 Å². The molecule has 0 aliphatic carbocycles. The van der Waals surface area contributed by atoms with Crippen LogP contribution in [0.15, 0.2) is 41.0 Å². The highest BCUT2D eigenvalue weighted by Gasteiger charge is 2.18. The van der Waals surface area contributed by atoms with Gasteiger partial charge in [-0.3, -0.25) is 4.90 Å². The van der Waals surface area contributed by atoms with Gasteiger partial charge < -0.3 is 10.0 Å². The first kappa shape index (κ1) is 16.0. The monoisotopic (exact) mass is 375 g/mol. The van der Waals surface area contributed by atoms with Gasteiger partial charge in [0.25, 0.3) is 0 Å². The van der Waals surface area contributed by atoms with Crippen LogP contribution in [0.5, 0.6) is 0 Å². The molecule has 1 N–H and O–H groups in total. The Labute approximate surface area is 143 Å². The van der Waals surface area contributed by atoms with E-state index in [-0.39, 0.29) is 5.69 Å². The maximum absolute atomic E-state index is 10.9. The predicted octanol–water partition coefficient (Wildman–Crippen LogP) is 2.99. The normalized spacial score (nSPS) is 15.1. The van der Waals surface area contributed by atoms with Crippen LogP contribution >= 0.6 is 15.9 Å². The summed E-state index contributed by atoms with van der Waals surface area (Å²) in [5.41, 5.74) is 3.65. The Morgan fingerprint density at radius 2 is 2.13 bits per heavy atom. The van der Waals surface area contributed by atoms with Crippen molar-refractivity contribution in [3.8, 4) is 0 Å². The van der Waals surface area contributed by atoms with Gasteiger partial charge in [-0.25, -0.2) is 9.78 Å². The first-order chi connectivity index (χ1) is 11.0. The van der Waals surface area contributed by atoms with Crippen LogP contribution < -0.4 is 4.90 Å². The van der Waals surface area contributed by atoms with Crippen molar-refractivity contribution in [1.29, 1.82) is 0 Å². The third-order valence-corrected chi connectivity index (χ3v) is 4.55. The van der Waals surface area contributed by atoms with Gasteiger partial charge in [0.15, 0.2) is 0 Å². The van der Waals surface area contributed by atoms with Crippen molar-refractivity contribution >= 4 is 27.6 Å². The van der Waals surface area contributed by atoms with Gasteiger partial charge in [0.05, 0.1) is 0 Å². The summed E-state index contributed by atoms with van der Waals surface area (Å²) in [5.74, 6) is -0.993. The van der Waals surface area contributed by atoms with Crippen LogP contribution in [-0.2, 0) is 13.1 Å². The van der Waals surface area contributed by atoms with Crippen molar-refractivity contribution in [3.05, 3.63) is 57.8 Å². The van der Waals surface area contributed by atoms with E-state index in [4.69, 9.17) is 5.11 Å². The molecule has 120 valence electrons. The summed E-state index contributed by atoms with van der Waals surface area (Å²) < 4.78 is 1.09. The number of likely N-dealkylation sites (N-methyl/N-ethyl adjacent to an activating group) is 1. The molecule has 0 saturated heterocycles. The molecule has 0 bridgehead atoms. The van der Waals surface area contributed by atoms with E-state index < -0.39 is 5.97 Å². The number of anilines is 1. The SMILES string of the molecule is CN1CCN(Cc2ccc(C(=O)O)nc2)Cc2ccc(Br)cc21. The average molecular weight is 376 g/mol. The van der Waals surface area contributed by atoms with Gasteiger partial charge in [0.2, 0.25) is 0 Å². The molecule has 0 spiro atoms. The van der Waals surface area contributed by atoms with Gasteiger partial charge in [0, 0.05) is 49.6 Å². The lowest BCUT2D eigenvalue weighted by Crippen LogP contribution is -2.29. The third-order valence-electron chi connectivity index (χ3n) is 4.05. The van der Waals surface area contributed by atoms with Crippen LogP contribution in [0.1, 0.15) is 21.6 Å². The van der Waals surface area contributed by atoms with Gasteiger partial charge >= 0.3 is 5.97 Å². The highest BCUT2D eigenvalue weighted by atomic mass is 79.9. The molecule has 3 rings (SSSR count). The molecule has 0 unspecified atom stereocenters. The van der Waals surface area contributed by atoms with Gasteiger partial charge in [-0.15, -0.1) is 0 Å². The van der Waals surface area contributed by atoms with E-state index in [2.05, 4.69) is 56.0 Å². The highest BCUT2D eigenvalue weighted by molar-refractivity contribution is 9.10. The molecular weight excluding hydrogens is 358 g/mol. The third kappa shape index (κ3) is 3.71. The Balaban J connectivity index is 1.76. The number of carboxylic acid groups (broad SMARTS) is 1. The van der Waals surface area contributed by atoms with Crippen LogP contribution in [0, 0.1) is 0 Å². The zero-order chi connectivity index (χ0) is 16.4. The first-order valence-electron chi connectivity index (χ1n) is 7.43. The second-order valence-electron chi connectivity index (χ2n) is 5.76. The fourth-order valence-corrected chi connectivity index (χ4v) is 3.14. The van der Waals surface area contributed by atoms with Crippen LogP contribution in [0.25, 0.3) is 0 Å². The Morgan fingerprint density at radius 1 is 1.30 bits per heavy atom. The molecule has 2 aromatic rings. The van der Waals surface area contributed by atoms with E-state index in [1.54, 1.807) is 12.3 Å². The van der Waals surface area contributed by atoms with Crippen LogP contribution in [0.4, 0.5) is 5.69 Å². The quantitative estimate of drug-likeness (QED) is 0.893. The molecular formula is C17H18BrN3O2. The summed E-state index contributed by atoms with van der Waals surface area (Å²) in [6.45, 7) is 3.53. The summed E-state index contributed by atoms with van der Waals surface area (Å²) in [7, 11) is 2.11. The van der Waals surface area contributed by atoms with Crippen LogP contribution in [0.2, 0.25) is 0 Å². The molecule has 0 fully saturated rings. The predicted molar refractivity (Wildman–Crippen MR) is 92.7 cm³/mol. The van der Waals surface area contributed by atoms with Gasteiger partial charge in [0.1, 0.15) is 5.69 Å². The maximum Gasteiger partial charge on any atom is 0.354 e. The van der Waals surface area contributed by atoms with E-state index in [1.807, 2.05) is 6.07 Å². The summed E-state index contributed by atoms with van der Waals surface area (Å²) in [4.78, 5) is 19.5. The number of halogens is 1. The van der Waals surface area contributed by atoms with Crippen molar-refractivity contribution < 1.29 is 9.90 Å². The molecule has 1 aromatic heterocycles. The fourth-order valence-electron chi connectivity index (χ4n) is 2.80. The van der Waals surface area contributed by atoms with Crippen molar-refractivity contribution in [1.82, 2.24) is 9.88 Å². The number of hydrogen-bond acceptors (Lipinski definition) is 4. The molecule has 0 radical (unpaired) electrons. The highest BCUT2D eigenvalue weighted by Crippen LogP contribution is 2.28. The summed E-state index contributed by atoms with van der Waals surface area (Å²) in [5, 5.41) is 8.91. The molecule has 0 amide bonds. The van der Waals surface area contributed by atoms with E-state index in [1.165, 1.54) is 11.3 Å². The second-order valence-corrected chi connectivity index (χ2v) is 6.68. The number of nitrogens with zero attached hydrogens (tertiary/aromatic N) is 3. The molecule has 0 atom stereocenters. The standard InChI is InChI=1S/C17H18BrN3O2/c1-20-6-7-21(11-13-3-4-14(18)8-16(13)20)10-12-2-5-15(17(22)23)19-9-12/h2-5,8-9H,6-7,10-11H2,1H3,(H,22,23). The molecule has 1 aliphatic heterocycles. The largest absolute Gasteiger partial charge is 0.477 e. The zero-order valence-corrected chi connectivity index (χ0v) is 14.5. The summed E-state index contributed by atoms with van der Waals surface area (Å²) >= 11 is 3.53. The lowest BCUT2D eigenvalue weighted by Gasteiger charge is -2.20. The fraction of sp³-hybridized carbons (Fsp3) is 0.294. The lowest BCUT2D eigenvalue weighted by molar-refractivity contribution is 0.0690. The molecule has 23 heavy (non-hydrogen) atoms. The van der Waals surface area contributed by atoms with Crippen LogP contribution in [-0.4, -0.2) is 41.1 Å². The Morgan fingerprint density at radius 3 is 2.83 bits per heavy atom. The Kier molecular flexibility index (Phi) is 4.63. The second kappa shape index (κ2) is 6.68. The number of carbonyl (C=O) groups is 1. The number of fused-ring (bicyclic) bond motifs is 1. The minimum absolute atomic E-state index is 0.0829.